The number of hydrogen-bond acceptors (Lipinski definition) is 5. The number of carbonyl (C=O) groups is 1. The van der Waals surface area contributed by atoms with Crippen molar-refractivity contribution in [2.45, 2.75) is 13.5 Å². The molecule has 0 amide bonds. The Balaban J connectivity index is 2.13. The fourth-order valence-corrected chi connectivity index (χ4v) is 2.96. The van der Waals surface area contributed by atoms with Crippen LogP contribution in [0.5, 0.6) is 0 Å². The summed E-state index contributed by atoms with van der Waals surface area (Å²) in [7, 11) is 0. The lowest BCUT2D eigenvalue weighted by Gasteiger charge is -2.07. The van der Waals surface area contributed by atoms with Gasteiger partial charge in [-0.3, -0.25) is 0 Å². The van der Waals surface area contributed by atoms with Crippen molar-refractivity contribution in [2.24, 2.45) is 0 Å². The first-order valence-corrected chi connectivity index (χ1v) is 8.26. The number of fused-ring (bicyclic) bond motifs is 1. The zero-order valence-corrected chi connectivity index (χ0v) is 14.0. The summed E-state index contributed by atoms with van der Waals surface area (Å²) in [5.41, 5.74) is 1.81. The van der Waals surface area contributed by atoms with Gasteiger partial charge in [0.05, 0.1) is 27.7 Å². The number of ether oxygens (including phenoxy) is 1. The van der Waals surface area contributed by atoms with E-state index in [1.165, 1.54) is 0 Å². The average Bonchev–Trinajstić information content (AvgIpc) is 3.20. The molecular formula is C16H14ClN3O2S. The van der Waals surface area contributed by atoms with Crippen LogP contribution in [0, 0.1) is 0 Å². The second-order valence-electron chi connectivity index (χ2n) is 4.82. The van der Waals surface area contributed by atoms with Crippen LogP contribution in [-0.4, -0.2) is 27.3 Å². The largest absolute Gasteiger partial charge is 0.456 e. The van der Waals surface area contributed by atoms with Gasteiger partial charge in [-0.05, 0) is 24.4 Å². The molecule has 118 valence electrons. The Morgan fingerprint density at radius 3 is 3.00 bits per heavy atom. The molecule has 0 bridgehead atoms. The van der Waals surface area contributed by atoms with Gasteiger partial charge in [0.15, 0.2) is 5.65 Å². The summed E-state index contributed by atoms with van der Waals surface area (Å²) in [5.74, 6) is -0.465. The molecule has 3 heterocycles. The van der Waals surface area contributed by atoms with Crippen molar-refractivity contribution in [2.75, 3.05) is 6.61 Å². The predicted octanol–water partition coefficient (Wildman–Crippen LogP) is 4.09. The van der Waals surface area contributed by atoms with E-state index in [1.54, 1.807) is 28.3 Å². The van der Waals surface area contributed by atoms with E-state index in [0.29, 0.717) is 23.1 Å². The summed E-state index contributed by atoms with van der Waals surface area (Å²) in [6.07, 6.45) is 1.64. The summed E-state index contributed by atoms with van der Waals surface area (Å²) in [5, 5.41) is 7.18. The normalized spacial score (nSPS) is 10.9. The molecule has 0 fully saturated rings. The van der Waals surface area contributed by atoms with Crippen LogP contribution in [0.3, 0.4) is 0 Å². The van der Waals surface area contributed by atoms with Crippen LogP contribution in [0.4, 0.5) is 0 Å². The SMILES string of the molecule is C=C(Cl)COC(=O)c1cc(-c2cccs2)nc2c1cnn2CC. The van der Waals surface area contributed by atoms with E-state index in [-0.39, 0.29) is 11.6 Å². The van der Waals surface area contributed by atoms with E-state index in [4.69, 9.17) is 16.3 Å². The summed E-state index contributed by atoms with van der Waals surface area (Å²) in [6.45, 7) is 6.13. The molecule has 0 saturated carbocycles. The van der Waals surface area contributed by atoms with E-state index in [9.17, 15) is 4.79 Å². The van der Waals surface area contributed by atoms with Crippen LogP contribution >= 0.6 is 22.9 Å². The molecule has 0 aliphatic rings. The molecule has 7 heteroatoms. The van der Waals surface area contributed by atoms with Crippen molar-refractivity contribution in [3.63, 3.8) is 0 Å². The Kier molecular flexibility index (Phi) is 4.45. The molecule has 3 rings (SSSR count). The molecule has 0 atom stereocenters. The highest BCUT2D eigenvalue weighted by atomic mass is 35.5. The van der Waals surface area contributed by atoms with Crippen LogP contribution in [-0.2, 0) is 11.3 Å². The number of thiophene rings is 1. The predicted molar refractivity (Wildman–Crippen MR) is 91.8 cm³/mol. The molecule has 0 aliphatic heterocycles. The van der Waals surface area contributed by atoms with E-state index >= 15 is 0 Å². The standard InChI is InChI=1S/C16H14ClN3O2S/c1-3-20-15-12(8-18-20)11(16(21)22-9-10(2)17)7-13(19-15)14-5-4-6-23-14/h4-8H,2-3,9H2,1H3. The number of nitrogens with zero attached hydrogens (tertiary/aromatic N) is 3. The second kappa shape index (κ2) is 6.52. The molecule has 23 heavy (non-hydrogen) atoms. The minimum absolute atomic E-state index is 0.0273. The van der Waals surface area contributed by atoms with E-state index in [1.807, 2.05) is 24.4 Å². The van der Waals surface area contributed by atoms with Crippen molar-refractivity contribution < 1.29 is 9.53 Å². The summed E-state index contributed by atoms with van der Waals surface area (Å²) < 4.78 is 6.93. The highest BCUT2D eigenvalue weighted by Crippen LogP contribution is 2.28. The lowest BCUT2D eigenvalue weighted by atomic mass is 10.1. The molecule has 0 radical (unpaired) electrons. The summed E-state index contributed by atoms with van der Waals surface area (Å²) >= 11 is 7.23. The lowest BCUT2D eigenvalue weighted by molar-refractivity contribution is 0.0548. The van der Waals surface area contributed by atoms with Crippen molar-refractivity contribution in [3.05, 3.63) is 47.0 Å². The minimum atomic E-state index is -0.465. The fourth-order valence-electron chi connectivity index (χ4n) is 2.22. The Hall–Kier alpha value is -2.18. The zero-order valence-electron chi connectivity index (χ0n) is 12.5. The summed E-state index contributed by atoms with van der Waals surface area (Å²) in [6, 6.07) is 5.63. The van der Waals surface area contributed by atoms with Gasteiger partial charge in [-0.25, -0.2) is 14.5 Å². The molecule has 0 spiro atoms. The van der Waals surface area contributed by atoms with Gasteiger partial charge >= 0.3 is 5.97 Å². The molecule has 0 unspecified atom stereocenters. The van der Waals surface area contributed by atoms with Gasteiger partial charge in [-0.2, -0.15) is 5.10 Å². The minimum Gasteiger partial charge on any atom is -0.456 e. The lowest BCUT2D eigenvalue weighted by Crippen LogP contribution is -2.08. The molecule has 5 nitrogen and oxygen atoms in total. The molecule has 0 N–H and O–H groups in total. The molecule has 3 aromatic rings. The van der Waals surface area contributed by atoms with Gasteiger partial charge < -0.3 is 4.74 Å². The molecule has 0 aliphatic carbocycles. The van der Waals surface area contributed by atoms with Crippen LogP contribution in [0.1, 0.15) is 17.3 Å². The van der Waals surface area contributed by atoms with Gasteiger partial charge in [0.1, 0.15) is 6.61 Å². The smallest absolute Gasteiger partial charge is 0.339 e. The number of rotatable bonds is 5. The number of pyridine rings is 1. The van der Waals surface area contributed by atoms with Gasteiger partial charge in [0, 0.05) is 11.6 Å². The Morgan fingerprint density at radius 2 is 2.35 bits per heavy atom. The molecule has 0 saturated heterocycles. The molecular weight excluding hydrogens is 334 g/mol. The number of aryl methyl sites for hydroxylation is 1. The highest BCUT2D eigenvalue weighted by molar-refractivity contribution is 7.13. The first-order chi connectivity index (χ1) is 11.1. The topological polar surface area (TPSA) is 57.0 Å². The third-order valence-electron chi connectivity index (χ3n) is 3.26. The van der Waals surface area contributed by atoms with Gasteiger partial charge in [-0.15, -0.1) is 11.3 Å². The summed E-state index contributed by atoms with van der Waals surface area (Å²) in [4.78, 5) is 18.0. The van der Waals surface area contributed by atoms with Crippen molar-refractivity contribution >= 4 is 39.9 Å². The monoisotopic (exact) mass is 347 g/mol. The van der Waals surface area contributed by atoms with Crippen LogP contribution in [0.2, 0.25) is 0 Å². The van der Waals surface area contributed by atoms with Crippen LogP contribution < -0.4 is 0 Å². The average molecular weight is 348 g/mol. The van der Waals surface area contributed by atoms with Crippen molar-refractivity contribution in [3.8, 4) is 10.6 Å². The number of esters is 1. The number of hydrogen-bond donors (Lipinski definition) is 0. The number of carbonyl (C=O) groups excluding carboxylic acids is 1. The fraction of sp³-hybridized carbons (Fsp3) is 0.188. The zero-order chi connectivity index (χ0) is 16.4. The maximum atomic E-state index is 12.4. The second-order valence-corrected chi connectivity index (χ2v) is 6.31. The number of aromatic nitrogens is 3. The third-order valence-corrected chi connectivity index (χ3v) is 4.26. The van der Waals surface area contributed by atoms with Crippen molar-refractivity contribution in [1.29, 1.82) is 0 Å². The van der Waals surface area contributed by atoms with Crippen LogP contribution in [0.25, 0.3) is 21.6 Å². The Labute approximate surface area is 142 Å². The maximum absolute atomic E-state index is 12.4. The quantitative estimate of drug-likeness (QED) is 0.652. The van der Waals surface area contributed by atoms with Gasteiger partial charge in [-0.1, -0.05) is 24.2 Å². The van der Waals surface area contributed by atoms with E-state index in [0.717, 1.165) is 10.6 Å². The first kappa shape index (κ1) is 15.7. The van der Waals surface area contributed by atoms with Crippen LogP contribution in [0.15, 0.2) is 41.4 Å². The molecule has 0 aromatic carbocycles. The van der Waals surface area contributed by atoms with E-state index in [2.05, 4.69) is 16.7 Å². The third kappa shape index (κ3) is 3.13. The van der Waals surface area contributed by atoms with E-state index < -0.39 is 5.97 Å². The van der Waals surface area contributed by atoms with Gasteiger partial charge in [0.25, 0.3) is 0 Å². The van der Waals surface area contributed by atoms with Crippen molar-refractivity contribution in [1.82, 2.24) is 14.8 Å². The van der Waals surface area contributed by atoms with Gasteiger partial charge in [0.2, 0.25) is 0 Å². The Morgan fingerprint density at radius 1 is 1.52 bits per heavy atom. The first-order valence-electron chi connectivity index (χ1n) is 7.01. The highest BCUT2D eigenvalue weighted by Gasteiger charge is 2.18. The number of halogens is 1. The Bertz CT molecular complexity index is 871. The maximum Gasteiger partial charge on any atom is 0.339 e. The molecule has 3 aromatic heterocycles.